The van der Waals surface area contributed by atoms with E-state index in [0.717, 1.165) is 0 Å². The van der Waals surface area contributed by atoms with E-state index in [-0.39, 0.29) is 12.4 Å². The summed E-state index contributed by atoms with van der Waals surface area (Å²) in [4.78, 5) is 24.0. The number of piperazine rings is 1. The molecule has 0 aromatic carbocycles. The Kier molecular flexibility index (Phi) is 2.77. The minimum Gasteiger partial charge on any atom is -0.480 e. The van der Waals surface area contributed by atoms with Gasteiger partial charge in [-0.25, -0.2) is 4.79 Å². The van der Waals surface area contributed by atoms with Crippen LogP contribution in [-0.2, 0) is 4.79 Å². The van der Waals surface area contributed by atoms with Crippen LogP contribution in [0.5, 0.6) is 0 Å². The van der Waals surface area contributed by atoms with E-state index in [1.165, 1.54) is 4.90 Å². The molecule has 2 rings (SSSR count). The summed E-state index contributed by atoms with van der Waals surface area (Å²) in [5.41, 5.74) is 0. The molecular formula is C7H10N6O3. The van der Waals surface area contributed by atoms with E-state index >= 15 is 0 Å². The molecule has 9 nitrogen and oxygen atoms in total. The van der Waals surface area contributed by atoms with Crippen LogP contribution in [-0.4, -0.2) is 68.2 Å². The van der Waals surface area contributed by atoms with E-state index in [1.807, 2.05) is 0 Å². The zero-order valence-electron chi connectivity index (χ0n) is 8.25. The topological polar surface area (TPSA) is 124 Å². The standard InChI is InChI=1S/C7H10N6O3/c14-6(5-9-11-12-10-5)13-2-1-8-3-4(13)7(15)16/h4,8H,1-3H2,(H,15,16)(H,9,10,11,12). The zero-order chi connectivity index (χ0) is 11.5. The van der Waals surface area contributed by atoms with Crippen molar-refractivity contribution in [2.45, 2.75) is 6.04 Å². The van der Waals surface area contributed by atoms with Crippen LogP contribution < -0.4 is 5.32 Å². The van der Waals surface area contributed by atoms with Gasteiger partial charge in [0.25, 0.3) is 11.7 Å². The highest BCUT2D eigenvalue weighted by atomic mass is 16.4. The predicted octanol–water partition coefficient (Wildman–Crippen LogP) is -2.30. The van der Waals surface area contributed by atoms with Gasteiger partial charge in [-0.1, -0.05) is 0 Å². The number of hydrogen-bond donors (Lipinski definition) is 3. The number of carboxylic acids is 1. The summed E-state index contributed by atoms with van der Waals surface area (Å²) in [6, 6.07) is -0.889. The number of aromatic nitrogens is 4. The van der Waals surface area contributed by atoms with Crippen molar-refractivity contribution in [1.29, 1.82) is 0 Å². The number of amides is 1. The molecule has 9 heteroatoms. The van der Waals surface area contributed by atoms with Gasteiger partial charge in [0.05, 0.1) is 0 Å². The molecule has 0 spiro atoms. The lowest BCUT2D eigenvalue weighted by Gasteiger charge is -2.32. The van der Waals surface area contributed by atoms with Gasteiger partial charge in [0.2, 0.25) is 0 Å². The third-order valence-electron chi connectivity index (χ3n) is 2.33. The first-order valence-corrected chi connectivity index (χ1v) is 4.68. The van der Waals surface area contributed by atoms with Crippen LogP contribution in [0.4, 0.5) is 0 Å². The number of aromatic amines is 1. The molecule has 3 N–H and O–H groups in total. The number of hydrogen-bond acceptors (Lipinski definition) is 6. The van der Waals surface area contributed by atoms with E-state index < -0.39 is 17.9 Å². The largest absolute Gasteiger partial charge is 0.480 e. The molecule has 1 aliphatic heterocycles. The molecule has 1 fully saturated rings. The number of rotatable bonds is 2. The Labute approximate surface area is 89.8 Å². The molecule has 1 unspecified atom stereocenters. The van der Waals surface area contributed by atoms with Gasteiger partial charge in [-0.15, -0.1) is 10.2 Å². The van der Waals surface area contributed by atoms with Crippen molar-refractivity contribution in [2.75, 3.05) is 19.6 Å². The molecule has 0 aliphatic carbocycles. The second kappa shape index (κ2) is 4.23. The number of aliphatic carboxylic acids is 1. The summed E-state index contributed by atoms with van der Waals surface area (Å²) in [7, 11) is 0. The Hall–Kier alpha value is -2.03. The van der Waals surface area contributed by atoms with Gasteiger partial charge < -0.3 is 15.3 Å². The molecule has 0 saturated carbocycles. The van der Waals surface area contributed by atoms with Gasteiger partial charge in [0.1, 0.15) is 6.04 Å². The van der Waals surface area contributed by atoms with Crippen LogP contribution in [0.3, 0.4) is 0 Å². The van der Waals surface area contributed by atoms with Crippen LogP contribution in [0.1, 0.15) is 10.6 Å². The molecule has 1 aromatic heterocycles. The zero-order valence-corrected chi connectivity index (χ0v) is 8.25. The lowest BCUT2D eigenvalue weighted by molar-refractivity contribution is -0.142. The fraction of sp³-hybridized carbons (Fsp3) is 0.571. The molecule has 1 amide bonds. The van der Waals surface area contributed by atoms with Gasteiger partial charge in [0, 0.05) is 19.6 Å². The average molecular weight is 226 g/mol. The van der Waals surface area contributed by atoms with Crippen LogP contribution in [0.25, 0.3) is 0 Å². The highest BCUT2D eigenvalue weighted by Gasteiger charge is 2.33. The SMILES string of the molecule is O=C(O)C1CNCCN1C(=O)c1nn[nH]n1. The van der Waals surface area contributed by atoms with Gasteiger partial charge >= 0.3 is 5.97 Å². The summed E-state index contributed by atoms with van der Waals surface area (Å²) in [6.45, 7) is 1.08. The fourth-order valence-electron chi connectivity index (χ4n) is 1.55. The lowest BCUT2D eigenvalue weighted by atomic mass is 10.2. The smallest absolute Gasteiger partial charge is 0.327 e. The van der Waals surface area contributed by atoms with E-state index in [1.54, 1.807) is 0 Å². The van der Waals surface area contributed by atoms with E-state index in [4.69, 9.17) is 5.11 Å². The van der Waals surface area contributed by atoms with E-state index in [2.05, 4.69) is 25.9 Å². The Morgan fingerprint density at radius 2 is 2.31 bits per heavy atom. The number of nitrogens with one attached hydrogen (secondary N) is 2. The maximum absolute atomic E-state index is 11.8. The van der Waals surface area contributed by atoms with Crippen molar-refractivity contribution < 1.29 is 14.7 Å². The number of nitrogens with zero attached hydrogens (tertiary/aromatic N) is 4. The molecule has 0 bridgehead atoms. The van der Waals surface area contributed by atoms with Crippen molar-refractivity contribution in [3.05, 3.63) is 5.82 Å². The molecule has 86 valence electrons. The van der Waals surface area contributed by atoms with Gasteiger partial charge in [0.15, 0.2) is 0 Å². The lowest BCUT2D eigenvalue weighted by Crippen LogP contribution is -2.57. The second-order valence-corrected chi connectivity index (χ2v) is 3.29. The number of H-pyrrole nitrogens is 1. The molecule has 1 saturated heterocycles. The van der Waals surface area contributed by atoms with E-state index in [0.29, 0.717) is 13.1 Å². The maximum Gasteiger partial charge on any atom is 0.327 e. The molecular weight excluding hydrogens is 216 g/mol. The molecule has 16 heavy (non-hydrogen) atoms. The van der Waals surface area contributed by atoms with Crippen molar-refractivity contribution in [3.8, 4) is 0 Å². The molecule has 1 aromatic rings. The molecule has 0 radical (unpaired) electrons. The number of carbonyl (C=O) groups excluding carboxylic acids is 1. The Morgan fingerprint density at radius 3 is 2.94 bits per heavy atom. The molecule has 2 heterocycles. The average Bonchev–Trinajstić information content (AvgIpc) is 2.81. The monoisotopic (exact) mass is 226 g/mol. The quantitative estimate of drug-likeness (QED) is 0.517. The fourth-order valence-corrected chi connectivity index (χ4v) is 1.55. The Morgan fingerprint density at radius 1 is 1.50 bits per heavy atom. The molecule has 1 aliphatic rings. The van der Waals surface area contributed by atoms with Gasteiger partial charge in [-0.2, -0.15) is 5.21 Å². The highest BCUT2D eigenvalue weighted by molar-refractivity contribution is 5.93. The normalized spacial score (nSPS) is 20.8. The third kappa shape index (κ3) is 1.84. The van der Waals surface area contributed by atoms with Crippen molar-refractivity contribution in [2.24, 2.45) is 0 Å². The van der Waals surface area contributed by atoms with Crippen LogP contribution in [0.2, 0.25) is 0 Å². The third-order valence-corrected chi connectivity index (χ3v) is 2.33. The minimum atomic E-state index is -1.05. The summed E-state index contributed by atoms with van der Waals surface area (Å²) < 4.78 is 0. The van der Waals surface area contributed by atoms with Crippen molar-refractivity contribution in [1.82, 2.24) is 30.8 Å². The molecule has 1 atom stereocenters. The first-order chi connectivity index (χ1) is 7.70. The first kappa shape index (κ1) is 10.5. The van der Waals surface area contributed by atoms with Crippen LogP contribution >= 0.6 is 0 Å². The van der Waals surface area contributed by atoms with Gasteiger partial charge in [-0.3, -0.25) is 4.79 Å². The summed E-state index contributed by atoms with van der Waals surface area (Å²) in [6.07, 6.45) is 0. The summed E-state index contributed by atoms with van der Waals surface area (Å²) >= 11 is 0. The van der Waals surface area contributed by atoms with Gasteiger partial charge in [-0.05, 0) is 5.21 Å². The van der Waals surface area contributed by atoms with E-state index in [9.17, 15) is 9.59 Å². The number of tetrazole rings is 1. The maximum atomic E-state index is 11.8. The van der Waals surface area contributed by atoms with Crippen molar-refractivity contribution in [3.63, 3.8) is 0 Å². The minimum absolute atomic E-state index is 0.117. The predicted molar refractivity (Wildman–Crippen MR) is 49.5 cm³/mol. The van der Waals surface area contributed by atoms with Crippen molar-refractivity contribution >= 4 is 11.9 Å². The second-order valence-electron chi connectivity index (χ2n) is 3.29. The summed E-state index contributed by atoms with van der Waals surface area (Å²) in [5.74, 6) is -1.69. The Balaban J connectivity index is 2.17. The number of carbonyl (C=O) groups is 2. The Bertz CT molecular complexity index is 391. The number of carboxylic acid groups (broad SMARTS) is 1. The van der Waals surface area contributed by atoms with Crippen LogP contribution in [0.15, 0.2) is 0 Å². The highest BCUT2D eigenvalue weighted by Crippen LogP contribution is 2.07. The summed E-state index contributed by atoms with van der Waals surface area (Å²) in [5, 5.41) is 24.3. The van der Waals surface area contributed by atoms with Crippen LogP contribution in [0, 0.1) is 0 Å². The first-order valence-electron chi connectivity index (χ1n) is 4.68.